The highest BCUT2D eigenvalue weighted by molar-refractivity contribution is 5.91. The van der Waals surface area contributed by atoms with Gasteiger partial charge in [-0.15, -0.1) is 0 Å². The maximum absolute atomic E-state index is 11.4. The van der Waals surface area contributed by atoms with Gasteiger partial charge in [-0.2, -0.15) is 4.98 Å². The lowest BCUT2D eigenvalue weighted by Crippen LogP contribution is -2.10. The first-order chi connectivity index (χ1) is 7.60. The van der Waals surface area contributed by atoms with Gasteiger partial charge in [0.2, 0.25) is 11.6 Å². The number of hydrogen-bond donors (Lipinski definition) is 0. The van der Waals surface area contributed by atoms with E-state index in [1.807, 2.05) is 0 Å². The Kier molecular flexibility index (Phi) is 3.76. The Labute approximate surface area is 91.2 Å². The van der Waals surface area contributed by atoms with Crippen molar-refractivity contribution >= 4 is 11.7 Å². The van der Waals surface area contributed by atoms with Gasteiger partial charge in [0.05, 0.1) is 18.6 Å². The van der Waals surface area contributed by atoms with Crippen LogP contribution in [0, 0.1) is 10.1 Å². The number of ether oxygens (including phenoxy) is 2. The lowest BCUT2D eigenvalue weighted by atomic mass is 10.3. The fourth-order valence-corrected chi connectivity index (χ4v) is 1.04. The zero-order valence-corrected chi connectivity index (χ0v) is 8.80. The second kappa shape index (κ2) is 5.06. The van der Waals surface area contributed by atoms with E-state index >= 15 is 0 Å². The van der Waals surface area contributed by atoms with Crippen molar-refractivity contribution in [2.45, 2.75) is 6.92 Å². The fraction of sp³-hybridized carbons (Fsp3) is 0.333. The third-order valence-electron chi connectivity index (χ3n) is 1.72. The van der Waals surface area contributed by atoms with Gasteiger partial charge in [0.25, 0.3) is 0 Å². The first kappa shape index (κ1) is 11.9. The number of nitro groups is 1. The maximum atomic E-state index is 11.4. The van der Waals surface area contributed by atoms with E-state index in [1.165, 1.54) is 13.2 Å². The Morgan fingerprint density at radius 2 is 2.25 bits per heavy atom. The fourth-order valence-electron chi connectivity index (χ4n) is 1.04. The Hall–Kier alpha value is -2.18. The van der Waals surface area contributed by atoms with Gasteiger partial charge in [0, 0.05) is 12.1 Å². The van der Waals surface area contributed by atoms with E-state index in [9.17, 15) is 14.9 Å². The van der Waals surface area contributed by atoms with Crippen LogP contribution in [0.3, 0.4) is 0 Å². The van der Waals surface area contributed by atoms with Crippen molar-refractivity contribution < 1.29 is 19.2 Å². The van der Waals surface area contributed by atoms with Crippen LogP contribution in [0.25, 0.3) is 0 Å². The minimum absolute atomic E-state index is 0.119. The molecule has 0 N–H and O–H groups in total. The zero-order valence-electron chi connectivity index (χ0n) is 8.80. The Morgan fingerprint density at radius 3 is 2.75 bits per heavy atom. The molecule has 16 heavy (non-hydrogen) atoms. The third kappa shape index (κ3) is 2.44. The SMILES string of the molecule is CCOC(=O)c1nc(OC)ccc1[N+](=O)[O-]. The van der Waals surface area contributed by atoms with Gasteiger partial charge < -0.3 is 9.47 Å². The third-order valence-corrected chi connectivity index (χ3v) is 1.72. The quantitative estimate of drug-likeness (QED) is 0.434. The Bertz CT molecular complexity index is 418. The molecule has 1 heterocycles. The first-order valence-corrected chi connectivity index (χ1v) is 4.46. The molecule has 0 radical (unpaired) electrons. The highest BCUT2D eigenvalue weighted by atomic mass is 16.6. The highest BCUT2D eigenvalue weighted by Crippen LogP contribution is 2.20. The minimum Gasteiger partial charge on any atom is -0.481 e. The molecule has 0 aliphatic rings. The average molecular weight is 226 g/mol. The van der Waals surface area contributed by atoms with Crippen LogP contribution in [-0.2, 0) is 4.74 Å². The van der Waals surface area contributed by atoms with Crippen LogP contribution in [0.2, 0.25) is 0 Å². The molecule has 0 fully saturated rings. The Balaban J connectivity index is 3.20. The topological polar surface area (TPSA) is 91.6 Å². The molecule has 0 saturated carbocycles. The average Bonchev–Trinajstić information content (AvgIpc) is 2.28. The second-order valence-electron chi connectivity index (χ2n) is 2.70. The molecule has 0 saturated heterocycles. The van der Waals surface area contributed by atoms with Gasteiger partial charge in [-0.1, -0.05) is 0 Å². The van der Waals surface area contributed by atoms with Crippen molar-refractivity contribution in [3.05, 3.63) is 27.9 Å². The van der Waals surface area contributed by atoms with Gasteiger partial charge in [0.15, 0.2) is 0 Å². The number of esters is 1. The molecule has 7 heteroatoms. The molecule has 0 aliphatic heterocycles. The molecule has 0 bridgehead atoms. The molecule has 0 amide bonds. The van der Waals surface area contributed by atoms with Crippen molar-refractivity contribution in [3.63, 3.8) is 0 Å². The van der Waals surface area contributed by atoms with Crippen molar-refractivity contribution in [3.8, 4) is 5.88 Å². The summed E-state index contributed by atoms with van der Waals surface area (Å²) in [5.41, 5.74) is -0.759. The summed E-state index contributed by atoms with van der Waals surface area (Å²) in [7, 11) is 1.35. The van der Waals surface area contributed by atoms with Gasteiger partial charge in [-0.05, 0) is 6.92 Å². The van der Waals surface area contributed by atoms with Crippen LogP contribution in [0.15, 0.2) is 12.1 Å². The lowest BCUT2D eigenvalue weighted by molar-refractivity contribution is -0.385. The summed E-state index contributed by atoms with van der Waals surface area (Å²) in [5.74, 6) is -0.721. The van der Waals surface area contributed by atoms with Crippen LogP contribution in [0.1, 0.15) is 17.4 Å². The summed E-state index contributed by atoms with van der Waals surface area (Å²) in [4.78, 5) is 25.0. The van der Waals surface area contributed by atoms with E-state index in [-0.39, 0.29) is 18.2 Å². The summed E-state index contributed by atoms with van der Waals surface area (Å²) in [5, 5.41) is 10.6. The predicted octanol–water partition coefficient (Wildman–Crippen LogP) is 1.18. The maximum Gasteiger partial charge on any atom is 0.364 e. The molecule has 1 aromatic heterocycles. The molecule has 0 spiro atoms. The molecule has 1 rings (SSSR count). The molecule has 86 valence electrons. The van der Waals surface area contributed by atoms with Crippen LogP contribution >= 0.6 is 0 Å². The van der Waals surface area contributed by atoms with Crippen LogP contribution in [-0.4, -0.2) is 29.6 Å². The smallest absolute Gasteiger partial charge is 0.364 e. The number of carbonyl (C=O) groups excluding carboxylic acids is 1. The number of hydrogen-bond acceptors (Lipinski definition) is 6. The van der Waals surface area contributed by atoms with E-state index in [0.717, 1.165) is 6.07 Å². The predicted molar refractivity (Wildman–Crippen MR) is 53.4 cm³/mol. The molecule has 0 aromatic carbocycles. The van der Waals surface area contributed by atoms with E-state index in [0.29, 0.717) is 0 Å². The lowest BCUT2D eigenvalue weighted by Gasteiger charge is -2.03. The van der Waals surface area contributed by atoms with Crippen LogP contribution in [0.4, 0.5) is 5.69 Å². The summed E-state index contributed by atoms with van der Waals surface area (Å²) in [6.45, 7) is 1.72. The minimum atomic E-state index is -0.840. The van der Waals surface area contributed by atoms with Crippen LogP contribution in [0.5, 0.6) is 5.88 Å². The molecule has 7 nitrogen and oxygen atoms in total. The molecular weight excluding hydrogens is 216 g/mol. The highest BCUT2D eigenvalue weighted by Gasteiger charge is 2.23. The Morgan fingerprint density at radius 1 is 1.56 bits per heavy atom. The van der Waals surface area contributed by atoms with E-state index < -0.39 is 16.6 Å². The zero-order chi connectivity index (χ0) is 12.1. The standard InChI is InChI=1S/C9H10N2O5/c1-3-16-9(12)8-6(11(13)14)4-5-7(10-8)15-2/h4-5H,3H2,1-2H3. The van der Waals surface area contributed by atoms with Crippen molar-refractivity contribution in [1.29, 1.82) is 0 Å². The number of aromatic nitrogens is 1. The number of carbonyl (C=O) groups is 1. The normalized spacial score (nSPS) is 9.62. The second-order valence-corrected chi connectivity index (χ2v) is 2.70. The molecule has 0 unspecified atom stereocenters. The summed E-state index contributed by atoms with van der Waals surface area (Å²) >= 11 is 0. The van der Waals surface area contributed by atoms with Gasteiger partial charge in [-0.3, -0.25) is 10.1 Å². The van der Waals surface area contributed by atoms with E-state index in [4.69, 9.17) is 4.74 Å². The van der Waals surface area contributed by atoms with Crippen molar-refractivity contribution in [2.75, 3.05) is 13.7 Å². The van der Waals surface area contributed by atoms with Crippen molar-refractivity contribution in [2.24, 2.45) is 0 Å². The largest absolute Gasteiger partial charge is 0.481 e. The van der Waals surface area contributed by atoms with Gasteiger partial charge >= 0.3 is 11.7 Å². The van der Waals surface area contributed by atoms with Gasteiger partial charge in [0.1, 0.15) is 0 Å². The number of pyridine rings is 1. The first-order valence-electron chi connectivity index (χ1n) is 4.46. The number of rotatable bonds is 4. The number of methoxy groups -OCH3 is 1. The van der Waals surface area contributed by atoms with Crippen LogP contribution < -0.4 is 4.74 Å². The summed E-state index contributed by atoms with van der Waals surface area (Å²) < 4.78 is 9.43. The monoisotopic (exact) mass is 226 g/mol. The molecule has 0 aliphatic carbocycles. The molecule has 1 aromatic rings. The van der Waals surface area contributed by atoms with E-state index in [2.05, 4.69) is 9.72 Å². The number of nitrogens with zero attached hydrogens (tertiary/aromatic N) is 2. The van der Waals surface area contributed by atoms with E-state index in [1.54, 1.807) is 6.92 Å². The van der Waals surface area contributed by atoms with Gasteiger partial charge in [-0.25, -0.2) is 4.79 Å². The molecular formula is C9H10N2O5. The molecule has 0 atom stereocenters. The van der Waals surface area contributed by atoms with Crippen molar-refractivity contribution in [1.82, 2.24) is 4.98 Å². The summed E-state index contributed by atoms with van der Waals surface area (Å²) in [6, 6.07) is 2.46. The summed E-state index contributed by atoms with van der Waals surface area (Å²) in [6.07, 6.45) is 0.